The Morgan fingerprint density at radius 1 is 1.02 bits per heavy atom. The first-order valence-electron chi connectivity index (χ1n) is 13.4. The lowest BCUT2D eigenvalue weighted by atomic mass is 9.83. The van der Waals surface area contributed by atoms with Gasteiger partial charge in [-0.25, -0.2) is 0 Å². The molecule has 1 aliphatic carbocycles. The highest BCUT2D eigenvalue weighted by Crippen LogP contribution is 2.36. The van der Waals surface area contributed by atoms with E-state index in [0.717, 1.165) is 29.0 Å². The molecule has 3 aliphatic rings. The van der Waals surface area contributed by atoms with Crippen LogP contribution in [0.25, 0.3) is 0 Å². The zero-order chi connectivity index (χ0) is 28.7. The molecule has 3 N–H and O–H groups in total. The van der Waals surface area contributed by atoms with Gasteiger partial charge in [-0.15, -0.1) is 0 Å². The maximum absolute atomic E-state index is 13.1. The Morgan fingerprint density at radius 2 is 1.80 bits per heavy atom. The van der Waals surface area contributed by atoms with E-state index in [4.69, 9.17) is 4.74 Å². The number of carbonyl (C=O) groups is 5. The Morgan fingerprint density at radius 3 is 2.51 bits per heavy atom. The number of hydrogen-bond acceptors (Lipinski definition) is 7. The number of piperidine rings is 1. The van der Waals surface area contributed by atoms with Crippen LogP contribution in [-0.4, -0.2) is 50.7 Å². The zero-order valence-electron chi connectivity index (χ0n) is 21.9. The van der Waals surface area contributed by atoms with E-state index in [1.807, 2.05) is 6.07 Å². The normalized spacial score (nSPS) is 18.7. The van der Waals surface area contributed by atoms with Crippen LogP contribution in [-0.2, 0) is 27.4 Å². The monoisotopic (exact) mass is 619 g/mol. The van der Waals surface area contributed by atoms with E-state index in [2.05, 4.69) is 36.8 Å². The highest BCUT2D eigenvalue weighted by molar-refractivity contribution is 9.10. The molecule has 3 heterocycles. The Kier molecular flexibility index (Phi) is 7.16. The van der Waals surface area contributed by atoms with E-state index in [1.165, 1.54) is 6.42 Å². The Hall–Kier alpha value is -4.32. The van der Waals surface area contributed by atoms with Gasteiger partial charge in [-0.1, -0.05) is 18.6 Å². The van der Waals surface area contributed by atoms with Crippen molar-refractivity contribution in [2.45, 2.75) is 57.1 Å². The van der Waals surface area contributed by atoms with Gasteiger partial charge in [0.25, 0.3) is 11.8 Å². The van der Waals surface area contributed by atoms with Crippen molar-refractivity contribution in [1.82, 2.24) is 20.4 Å². The lowest BCUT2D eigenvalue weighted by Gasteiger charge is -2.27. The van der Waals surface area contributed by atoms with E-state index in [9.17, 15) is 24.0 Å². The molecule has 0 radical (unpaired) electrons. The van der Waals surface area contributed by atoms with Crippen molar-refractivity contribution in [2.75, 3.05) is 5.32 Å². The molecule has 210 valence electrons. The molecule has 6 rings (SSSR count). The molecule has 0 bridgehead atoms. The van der Waals surface area contributed by atoms with Crippen molar-refractivity contribution in [3.63, 3.8) is 0 Å². The van der Waals surface area contributed by atoms with Gasteiger partial charge in [0.05, 0.1) is 17.5 Å². The second-order valence-corrected chi connectivity index (χ2v) is 11.3. The summed E-state index contributed by atoms with van der Waals surface area (Å²) < 4.78 is 6.31. The number of benzene rings is 2. The van der Waals surface area contributed by atoms with Crippen LogP contribution in [0.1, 0.15) is 75.6 Å². The SMILES string of the molecule is O=C1CCC(N2C(=O)c3cc(COc4ccc(CC(=O)Nc5cc(C6CCC6)[nH]n5)cc4)cc(Br)c3C2=O)C(=O)N1. The minimum absolute atomic E-state index is 0.0544. The highest BCUT2D eigenvalue weighted by Gasteiger charge is 2.45. The molecule has 1 atom stereocenters. The number of halogens is 1. The van der Waals surface area contributed by atoms with Crippen LogP contribution in [0.4, 0.5) is 5.82 Å². The zero-order valence-corrected chi connectivity index (χ0v) is 23.5. The van der Waals surface area contributed by atoms with Crippen molar-refractivity contribution in [3.05, 3.63) is 74.9 Å². The molecule has 0 spiro atoms. The minimum Gasteiger partial charge on any atom is -0.489 e. The largest absolute Gasteiger partial charge is 0.489 e. The van der Waals surface area contributed by atoms with Crippen LogP contribution in [0, 0.1) is 0 Å². The smallest absolute Gasteiger partial charge is 0.263 e. The van der Waals surface area contributed by atoms with Gasteiger partial charge in [0.1, 0.15) is 18.4 Å². The van der Waals surface area contributed by atoms with Gasteiger partial charge < -0.3 is 10.1 Å². The third-order valence-corrected chi connectivity index (χ3v) is 8.28. The van der Waals surface area contributed by atoms with Gasteiger partial charge in [-0.05, 0) is 70.6 Å². The fourth-order valence-electron chi connectivity index (χ4n) is 5.26. The number of rotatable bonds is 8. The third-order valence-electron chi connectivity index (χ3n) is 7.66. The Labute approximate surface area is 243 Å². The molecule has 3 aromatic rings. The number of aromatic amines is 1. The second kappa shape index (κ2) is 10.9. The van der Waals surface area contributed by atoms with Crippen LogP contribution in [0.5, 0.6) is 5.75 Å². The van der Waals surface area contributed by atoms with Crippen LogP contribution in [0.3, 0.4) is 0 Å². The number of nitrogens with zero attached hydrogens (tertiary/aromatic N) is 2. The van der Waals surface area contributed by atoms with Crippen LogP contribution in [0.2, 0.25) is 0 Å². The number of nitrogens with one attached hydrogen (secondary N) is 3. The number of H-pyrrole nitrogens is 1. The first kappa shape index (κ1) is 26.9. The van der Waals surface area contributed by atoms with Crippen LogP contribution in [0.15, 0.2) is 46.9 Å². The number of anilines is 1. The van der Waals surface area contributed by atoms with Gasteiger partial charge in [-0.3, -0.25) is 39.3 Å². The molecule has 2 fully saturated rings. The molecule has 5 amide bonds. The number of ether oxygens (including phenoxy) is 1. The van der Waals surface area contributed by atoms with Crippen molar-refractivity contribution in [3.8, 4) is 5.75 Å². The number of hydrogen-bond donors (Lipinski definition) is 3. The molecular weight excluding hydrogens is 594 g/mol. The minimum atomic E-state index is -1.03. The lowest BCUT2D eigenvalue weighted by molar-refractivity contribution is -0.136. The van der Waals surface area contributed by atoms with Crippen molar-refractivity contribution in [1.29, 1.82) is 0 Å². The molecule has 12 heteroatoms. The molecule has 1 saturated carbocycles. The summed E-state index contributed by atoms with van der Waals surface area (Å²) in [7, 11) is 0. The number of amides is 5. The van der Waals surface area contributed by atoms with E-state index in [-0.39, 0.29) is 42.9 Å². The van der Waals surface area contributed by atoms with Gasteiger partial charge in [-0.2, -0.15) is 5.10 Å². The highest BCUT2D eigenvalue weighted by atomic mass is 79.9. The van der Waals surface area contributed by atoms with Crippen LogP contribution < -0.4 is 15.4 Å². The average Bonchev–Trinajstić information content (AvgIpc) is 3.44. The van der Waals surface area contributed by atoms with Crippen molar-refractivity contribution >= 4 is 51.3 Å². The van der Waals surface area contributed by atoms with Crippen molar-refractivity contribution < 1.29 is 28.7 Å². The summed E-state index contributed by atoms with van der Waals surface area (Å²) in [5.41, 5.74) is 2.87. The quantitative estimate of drug-likeness (QED) is 0.326. The summed E-state index contributed by atoms with van der Waals surface area (Å²) in [5.74, 6) is -0.813. The van der Waals surface area contributed by atoms with E-state index in [0.29, 0.717) is 27.5 Å². The summed E-state index contributed by atoms with van der Waals surface area (Å²) in [6, 6.07) is 11.3. The third kappa shape index (κ3) is 5.39. The standard InChI is InChI=1S/C29H26BrN5O6/c30-20-11-16(10-19-26(20)29(40)35(28(19)39)22-8-9-24(36)32-27(22)38)14-41-18-6-4-15(5-7-18)12-25(37)31-23-13-21(33-34-23)17-2-1-3-17/h4-7,10-11,13,17,22H,1-3,8-9,12,14H2,(H,32,36,38)(H2,31,33,34,37). The van der Waals surface area contributed by atoms with Gasteiger partial charge >= 0.3 is 0 Å². The van der Waals surface area contributed by atoms with Gasteiger partial charge in [0, 0.05) is 28.6 Å². The fraction of sp³-hybridized carbons (Fsp3) is 0.310. The predicted octanol–water partition coefficient (Wildman–Crippen LogP) is 3.60. The van der Waals surface area contributed by atoms with E-state index < -0.39 is 29.7 Å². The van der Waals surface area contributed by atoms with Crippen LogP contribution >= 0.6 is 15.9 Å². The summed E-state index contributed by atoms with van der Waals surface area (Å²) in [6.45, 7) is 0.119. The maximum Gasteiger partial charge on any atom is 0.263 e. The predicted molar refractivity (Wildman–Crippen MR) is 149 cm³/mol. The average molecular weight is 620 g/mol. The maximum atomic E-state index is 13.1. The van der Waals surface area contributed by atoms with E-state index >= 15 is 0 Å². The summed E-state index contributed by atoms with van der Waals surface area (Å²) >= 11 is 3.39. The summed E-state index contributed by atoms with van der Waals surface area (Å²) in [5, 5.41) is 12.2. The molecule has 1 saturated heterocycles. The molecule has 2 aliphatic heterocycles. The first-order valence-corrected chi connectivity index (χ1v) is 14.2. The molecular formula is C29H26BrN5O6. The van der Waals surface area contributed by atoms with E-state index in [1.54, 1.807) is 36.4 Å². The molecule has 1 aromatic heterocycles. The topological polar surface area (TPSA) is 151 Å². The number of fused-ring (bicyclic) bond motifs is 1. The molecule has 41 heavy (non-hydrogen) atoms. The number of imide groups is 2. The summed E-state index contributed by atoms with van der Waals surface area (Å²) in [4.78, 5) is 63.4. The Balaban J connectivity index is 1.06. The van der Waals surface area contributed by atoms with Crippen molar-refractivity contribution in [2.24, 2.45) is 0 Å². The first-order chi connectivity index (χ1) is 19.8. The summed E-state index contributed by atoms with van der Waals surface area (Å²) in [6.07, 6.45) is 3.85. The van der Waals surface area contributed by atoms with Gasteiger partial charge in [0.2, 0.25) is 17.7 Å². The second-order valence-electron chi connectivity index (χ2n) is 10.4. The molecule has 2 aromatic carbocycles. The van der Waals surface area contributed by atoms with Gasteiger partial charge in [0.15, 0.2) is 5.82 Å². The number of carbonyl (C=O) groups excluding carboxylic acids is 5. The fourth-order valence-corrected chi connectivity index (χ4v) is 5.94. The molecule has 11 nitrogen and oxygen atoms in total. The molecule has 1 unspecified atom stereocenters. The number of aromatic nitrogens is 2. The lowest BCUT2D eigenvalue weighted by Crippen LogP contribution is -2.54. The Bertz CT molecular complexity index is 1580.